The molecule has 2 heterocycles. The van der Waals surface area contributed by atoms with Crippen LogP contribution in [0.25, 0.3) is 27.9 Å². The zero-order chi connectivity index (χ0) is 24.7. The predicted molar refractivity (Wildman–Crippen MR) is 134 cm³/mol. The van der Waals surface area contributed by atoms with Gasteiger partial charge in [-0.2, -0.15) is 0 Å². The minimum atomic E-state index is -3.34. The average molecular weight is 487 g/mol. The topological polar surface area (TPSA) is 124 Å². The molecule has 2 aromatic heterocycles. The molecular formula is C26H22N4O4S. The summed E-state index contributed by atoms with van der Waals surface area (Å²) >= 11 is 0. The standard InChI is InChI=1S/C26H22N4O4S/c1-2-22(31)29-18-7-3-17(4-8-18)25-23(24(26(27)32)21-15-28-13-14-30(21)25)16-5-9-19(10-6-16)35(33,34)20-11-12-20/h2-10,13-15,20H,1,11-12H2,(H2,27,32)(H,29,31). The number of rotatable bonds is 7. The van der Waals surface area contributed by atoms with Gasteiger partial charge in [0.05, 0.1) is 33.1 Å². The minimum absolute atomic E-state index is 0.263. The Hall–Kier alpha value is -4.24. The summed E-state index contributed by atoms with van der Waals surface area (Å²) in [4.78, 5) is 28.7. The summed E-state index contributed by atoms with van der Waals surface area (Å²) in [5, 5.41) is 2.40. The van der Waals surface area contributed by atoms with Gasteiger partial charge in [0.2, 0.25) is 5.91 Å². The van der Waals surface area contributed by atoms with Gasteiger partial charge in [0, 0.05) is 23.6 Å². The van der Waals surface area contributed by atoms with E-state index in [0.717, 1.165) is 5.56 Å². The lowest BCUT2D eigenvalue weighted by atomic mass is 9.97. The molecule has 3 N–H and O–H groups in total. The highest BCUT2D eigenvalue weighted by Crippen LogP contribution is 2.40. The first-order valence-electron chi connectivity index (χ1n) is 11.0. The van der Waals surface area contributed by atoms with Crippen molar-refractivity contribution in [3.63, 3.8) is 0 Å². The normalized spacial score (nSPS) is 13.5. The third-order valence-electron chi connectivity index (χ3n) is 6.03. The van der Waals surface area contributed by atoms with Gasteiger partial charge in [-0.3, -0.25) is 14.6 Å². The zero-order valence-electron chi connectivity index (χ0n) is 18.6. The molecule has 0 atom stereocenters. The lowest BCUT2D eigenvalue weighted by Crippen LogP contribution is -2.12. The summed E-state index contributed by atoms with van der Waals surface area (Å²) in [6.45, 7) is 3.45. The highest BCUT2D eigenvalue weighted by atomic mass is 32.2. The van der Waals surface area contributed by atoms with E-state index in [1.165, 1.54) is 6.08 Å². The van der Waals surface area contributed by atoms with E-state index >= 15 is 0 Å². The van der Waals surface area contributed by atoms with Gasteiger partial charge in [0.1, 0.15) is 0 Å². The van der Waals surface area contributed by atoms with Crippen LogP contribution in [0.15, 0.2) is 84.7 Å². The van der Waals surface area contributed by atoms with E-state index in [1.807, 2.05) is 16.5 Å². The number of anilines is 1. The molecule has 0 spiro atoms. The Morgan fingerprint density at radius 3 is 2.31 bits per heavy atom. The van der Waals surface area contributed by atoms with Gasteiger partial charge in [0.25, 0.3) is 5.91 Å². The molecule has 1 aliphatic carbocycles. The molecule has 0 saturated heterocycles. The Labute approximate surface area is 202 Å². The van der Waals surface area contributed by atoms with Crippen molar-refractivity contribution in [1.82, 2.24) is 9.38 Å². The Morgan fingerprint density at radius 1 is 1.06 bits per heavy atom. The molecule has 4 aromatic rings. The van der Waals surface area contributed by atoms with Crippen molar-refractivity contribution in [3.8, 4) is 22.4 Å². The number of aromatic nitrogens is 2. The van der Waals surface area contributed by atoms with Gasteiger partial charge in [-0.25, -0.2) is 8.42 Å². The SMILES string of the molecule is C=CC(=O)Nc1ccc(-c2c(-c3ccc(S(=O)(=O)C4CC4)cc3)c(C(N)=O)c3cnccn23)cc1. The van der Waals surface area contributed by atoms with Crippen LogP contribution < -0.4 is 11.1 Å². The lowest BCUT2D eigenvalue weighted by Gasteiger charge is -2.11. The van der Waals surface area contributed by atoms with Crippen molar-refractivity contribution in [2.24, 2.45) is 5.73 Å². The molecule has 9 heteroatoms. The predicted octanol–water partition coefficient (Wildman–Crippen LogP) is 3.83. The van der Waals surface area contributed by atoms with Crippen LogP contribution in [-0.4, -0.2) is 34.9 Å². The van der Waals surface area contributed by atoms with E-state index < -0.39 is 15.7 Å². The van der Waals surface area contributed by atoms with Crippen molar-refractivity contribution in [3.05, 3.63) is 85.3 Å². The van der Waals surface area contributed by atoms with Gasteiger partial charge < -0.3 is 15.5 Å². The van der Waals surface area contributed by atoms with Crippen LogP contribution in [0.3, 0.4) is 0 Å². The fourth-order valence-electron chi connectivity index (χ4n) is 4.21. The van der Waals surface area contributed by atoms with Gasteiger partial charge in [-0.15, -0.1) is 0 Å². The summed E-state index contributed by atoms with van der Waals surface area (Å²) in [5.74, 6) is -0.948. The largest absolute Gasteiger partial charge is 0.366 e. The van der Waals surface area contributed by atoms with Crippen LogP contribution in [0.5, 0.6) is 0 Å². The maximum atomic E-state index is 12.7. The van der Waals surface area contributed by atoms with Gasteiger partial charge in [-0.1, -0.05) is 30.8 Å². The van der Waals surface area contributed by atoms with Crippen molar-refractivity contribution < 1.29 is 18.0 Å². The molecule has 1 aliphatic rings. The Kier molecular flexibility index (Phi) is 5.49. The fraction of sp³-hybridized carbons (Fsp3) is 0.115. The number of sulfone groups is 1. The van der Waals surface area contributed by atoms with Crippen LogP contribution in [0.2, 0.25) is 0 Å². The first-order valence-corrected chi connectivity index (χ1v) is 12.5. The van der Waals surface area contributed by atoms with E-state index in [-0.39, 0.29) is 21.6 Å². The summed E-state index contributed by atoms with van der Waals surface area (Å²) in [5.41, 5.74) is 9.90. The Balaban J connectivity index is 1.69. The average Bonchev–Trinajstić information content (AvgIpc) is 3.66. The van der Waals surface area contributed by atoms with Crippen molar-refractivity contribution >= 4 is 32.9 Å². The molecule has 1 saturated carbocycles. The molecule has 0 radical (unpaired) electrons. The van der Waals surface area contributed by atoms with Crippen LogP contribution in [0.4, 0.5) is 5.69 Å². The van der Waals surface area contributed by atoms with Crippen LogP contribution >= 0.6 is 0 Å². The quantitative estimate of drug-likeness (QED) is 0.384. The molecule has 5 rings (SSSR count). The summed E-state index contributed by atoms with van der Waals surface area (Å²) < 4.78 is 27.1. The van der Waals surface area contributed by atoms with E-state index in [2.05, 4.69) is 16.9 Å². The molecule has 0 unspecified atom stereocenters. The lowest BCUT2D eigenvalue weighted by molar-refractivity contribution is -0.111. The number of benzene rings is 2. The smallest absolute Gasteiger partial charge is 0.251 e. The molecule has 35 heavy (non-hydrogen) atoms. The van der Waals surface area contributed by atoms with Crippen molar-refractivity contribution in [2.45, 2.75) is 23.0 Å². The van der Waals surface area contributed by atoms with E-state index in [1.54, 1.807) is 55.0 Å². The highest BCUT2D eigenvalue weighted by Gasteiger charge is 2.37. The van der Waals surface area contributed by atoms with E-state index in [0.29, 0.717) is 40.9 Å². The first kappa shape index (κ1) is 22.5. The number of carbonyl (C=O) groups is 2. The molecule has 0 aliphatic heterocycles. The number of hydrogen-bond donors (Lipinski definition) is 2. The minimum Gasteiger partial charge on any atom is -0.366 e. The number of primary amides is 1. The Bertz CT molecular complexity index is 1580. The number of carbonyl (C=O) groups excluding carboxylic acids is 2. The second kappa shape index (κ2) is 8.52. The van der Waals surface area contributed by atoms with Gasteiger partial charge >= 0.3 is 0 Å². The number of nitrogens with two attached hydrogens (primary N) is 1. The molecule has 2 aromatic carbocycles. The maximum Gasteiger partial charge on any atom is 0.251 e. The number of fused-ring (bicyclic) bond motifs is 1. The number of nitrogens with zero attached hydrogens (tertiary/aromatic N) is 2. The van der Waals surface area contributed by atoms with Crippen LogP contribution in [-0.2, 0) is 14.6 Å². The van der Waals surface area contributed by atoms with E-state index in [9.17, 15) is 18.0 Å². The molecular weight excluding hydrogens is 464 g/mol. The molecule has 8 nitrogen and oxygen atoms in total. The number of nitrogens with one attached hydrogen (secondary N) is 1. The van der Waals surface area contributed by atoms with Crippen LogP contribution in [0.1, 0.15) is 23.2 Å². The van der Waals surface area contributed by atoms with Gasteiger partial charge in [0.15, 0.2) is 9.84 Å². The van der Waals surface area contributed by atoms with Crippen molar-refractivity contribution in [1.29, 1.82) is 0 Å². The third kappa shape index (κ3) is 4.00. The summed E-state index contributed by atoms with van der Waals surface area (Å²) in [6, 6.07) is 13.7. The number of amides is 2. The third-order valence-corrected chi connectivity index (χ3v) is 8.31. The highest BCUT2D eigenvalue weighted by molar-refractivity contribution is 7.92. The van der Waals surface area contributed by atoms with Crippen molar-refractivity contribution in [2.75, 3.05) is 5.32 Å². The fourth-order valence-corrected chi connectivity index (χ4v) is 5.87. The molecule has 2 amide bonds. The summed E-state index contributed by atoms with van der Waals surface area (Å²) in [7, 11) is -3.34. The second-order valence-corrected chi connectivity index (χ2v) is 10.6. The molecule has 0 bridgehead atoms. The zero-order valence-corrected chi connectivity index (χ0v) is 19.5. The van der Waals surface area contributed by atoms with Gasteiger partial charge in [-0.05, 0) is 54.3 Å². The Morgan fingerprint density at radius 2 is 1.71 bits per heavy atom. The first-order chi connectivity index (χ1) is 16.8. The van der Waals surface area contributed by atoms with E-state index in [4.69, 9.17) is 5.73 Å². The maximum absolute atomic E-state index is 12.7. The second-order valence-electron chi connectivity index (χ2n) is 8.33. The molecule has 1 fully saturated rings. The summed E-state index contributed by atoms with van der Waals surface area (Å²) in [6.07, 6.45) is 7.46. The van der Waals surface area contributed by atoms with Crippen LogP contribution in [0, 0.1) is 0 Å². The number of hydrogen-bond acceptors (Lipinski definition) is 5. The monoisotopic (exact) mass is 486 g/mol. The molecule has 176 valence electrons.